The van der Waals surface area contributed by atoms with Crippen LogP contribution in [0.4, 0.5) is 5.69 Å². The first-order valence-electron chi connectivity index (χ1n) is 7.39. The predicted octanol–water partition coefficient (Wildman–Crippen LogP) is 3.87. The maximum Gasteiger partial charge on any atom is 0.252 e. The zero-order valence-corrected chi connectivity index (χ0v) is 12.7. The lowest BCUT2D eigenvalue weighted by Gasteiger charge is -2.26. The molecule has 0 heterocycles. The Balaban J connectivity index is 1.81. The number of nitrogens with one attached hydrogen (secondary N) is 1. The first kappa shape index (κ1) is 15.2. The van der Waals surface area contributed by atoms with E-state index in [9.17, 15) is 4.79 Å². The molecular weight excluding hydrogens is 272 g/mol. The van der Waals surface area contributed by atoms with Crippen molar-refractivity contribution in [2.45, 2.75) is 39.0 Å². The van der Waals surface area contributed by atoms with Crippen LogP contribution < -0.4 is 11.1 Å². The lowest BCUT2D eigenvalue weighted by atomic mass is 9.81. The number of anilines is 1. The third-order valence-electron chi connectivity index (χ3n) is 4.12. The predicted molar refractivity (Wildman–Crippen MR) is 83.9 cm³/mol. The minimum atomic E-state index is -0.133. The van der Waals surface area contributed by atoms with Crippen LogP contribution >= 0.6 is 11.6 Å². The number of benzene rings is 1. The first-order chi connectivity index (χ1) is 9.56. The molecule has 1 saturated carbocycles. The number of hydrogen-bond donors (Lipinski definition) is 2. The van der Waals surface area contributed by atoms with Gasteiger partial charge >= 0.3 is 0 Å². The monoisotopic (exact) mass is 294 g/mol. The SMILES string of the molecule is CC1CCCC(CCNC(=O)c2cc(N)ccc2Cl)C1. The van der Waals surface area contributed by atoms with Crippen LogP contribution in [0.5, 0.6) is 0 Å². The maximum absolute atomic E-state index is 12.1. The Morgan fingerprint density at radius 2 is 2.25 bits per heavy atom. The molecule has 0 saturated heterocycles. The molecule has 4 heteroatoms. The minimum Gasteiger partial charge on any atom is -0.399 e. The van der Waals surface area contributed by atoms with E-state index < -0.39 is 0 Å². The number of carbonyl (C=O) groups excluding carboxylic acids is 1. The maximum atomic E-state index is 12.1. The van der Waals surface area contributed by atoms with Crippen molar-refractivity contribution in [1.29, 1.82) is 0 Å². The molecule has 2 atom stereocenters. The highest BCUT2D eigenvalue weighted by Gasteiger charge is 2.19. The normalized spacial score (nSPS) is 22.5. The summed E-state index contributed by atoms with van der Waals surface area (Å²) in [6, 6.07) is 4.98. The largest absolute Gasteiger partial charge is 0.399 e. The summed E-state index contributed by atoms with van der Waals surface area (Å²) >= 11 is 6.02. The third kappa shape index (κ3) is 4.14. The molecule has 0 radical (unpaired) electrons. The molecule has 0 bridgehead atoms. The number of nitrogen functional groups attached to an aromatic ring is 1. The van der Waals surface area contributed by atoms with Gasteiger partial charge in [-0.15, -0.1) is 0 Å². The first-order valence-corrected chi connectivity index (χ1v) is 7.77. The fourth-order valence-electron chi connectivity index (χ4n) is 3.02. The van der Waals surface area contributed by atoms with Crippen molar-refractivity contribution in [3.05, 3.63) is 28.8 Å². The molecule has 3 nitrogen and oxygen atoms in total. The number of rotatable bonds is 4. The molecule has 1 aliphatic carbocycles. The van der Waals surface area contributed by atoms with Crippen molar-refractivity contribution in [2.24, 2.45) is 11.8 Å². The van der Waals surface area contributed by atoms with Gasteiger partial charge in [0, 0.05) is 12.2 Å². The van der Waals surface area contributed by atoms with E-state index in [0.29, 0.717) is 22.8 Å². The minimum absolute atomic E-state index is 0.133. The molecule has 1 aromatic rings. The van der Waals surface area contributed by atoms with Gasteiger partial charge in [0.1, 0.15) is 0 Å². The van der Waals surface area contributed by atoms with E-state index in [1.165, 1.54) is 25.7 Å². The molecule has 110 valence electrons. The molecule has 20 heavy (non-hydrogen) atoms. The van der Waals surface area contributed by atoms with Crippen molar-refractivity contribution in [2.75, 3.05) is 12.3 Å². The van der Waals surface area contributed by atoms with Crippen molar-refractivity contribution in [3.63, 3.8) is 0 Å². The smallest absolute Gasteiger partial charge is 0.252 e. The number of hydrogen-bond acceptors (Lipinski definition) is 2. The fourth-order valence-corrected chi connectivity index (χ4v) is 3.23. The zero-order valence-electron chi connectivity index (χ0n) is 12.0. The second-order valence-electron chi connectivity index (χ2n) is 5.92. The summed E-state index contributed by atoms with van der Waals surface area (Å²) in [5.41, 5.74) is 6.71. The Hall–Kier alpha value is -1.22. The van der Waals surface area contributed by atoms with Gasteiger partial charge < -0.3 is 11.1 Å². The van der Waals surface area contributed by atoms with Crippen LogP contribution in [0.15, 0.2) is 18.2 Å². The van der Waals surface area contributed by atoms with Gasteiger partial charge in [0.2, 0.25) is 0 Å². The van der Waals surface area contributed by atoms with Gasteiger partial charge in [-0.25, -0.2) is 0 Å². The molecule has 1 fully saturated rings. The number of halogens is 1. The highest BCUT2D eigenvalue weighted by Crippen LogP contribution is 2.30. The van der Waals surface area contributed by atoms with Gasteiger partial charge in [-0.2, -0.15) is 0 Å². The summed E-state index contributed by atoms with van der Waals surface area (Å²) in [4.78, 5) is 12.1. The molecule has 0 spiro atoms. The van der Waals surface area contributed by atoms with E-state index in [-0.39, 0.29) is 5.91 Å². The lowest BCUT2D eigenvalue weighted by molar-refractivity contribution is 0.0950. The average Bonchev–Trinajstić information content (AvgIpc) is 2.41. The molecule has 1 aliphatic rings. The molecular formula is C16H23ClN2O. The van der Waals surface area contributed by atoms with Gasteiger partial charge in [0.05, 0.1) is 10.6 Å². The van der Waals surface area contributed by atoms with Crippen molar-refractivity contribution in [3.8, 4) is 0 Å². The Morgan fingerprint density at radius 3 is 3.00 bits per heavy atom. The molecule has 2 unspecified atom stereocenters. The fraction of sp³-hybridized carbons (Fsp3) is 0.562. The molecule has 3 N–H and O–H groups in total. The second-order valence-corrected chi connectivity index (χ2v) is 6.33. The van der Waals surface area contributed by atoms with E-state index in [0.717, 1.165) is 18.3 Å². The Bertz CT molecular complexity index is 476. The van der Waals surface area contributed by atoms with E-state index in [1.54, 1.807) is 18.2 Å². The summed E-state index contributed by atoms with van der Waals surface area (Å²) in [6.45, 7) is 3.03. The summed E-state index contributed by atoms with van der Waals surface area (Å²) < 4.78 is 0. The Labute approximate surface area is 125 Å². The van der Waals surface area contributed by atoms with E-state index in [4.69, 9.17) is 17.3 Å². The average molecular weight is 295 g/mol. The number of carbonyl (C=O) groups is 1. The number of nitrogens with two attached hydrogens (primary N) is 1. The van der Waals surface area contributed by atoms with Gasteiger partial charge in [-0.1, -0.05) is 37.8 Å². The lowest BCUT2D eigenvalue weighted by Crippen LogP contribution is -2.27. The van der Waals surface area contributed by atoms with Gasteiger partial charge in [-0.05, 0) is 42.9 Å². The van der Waals surface area contributed by atoms with Crippen LogP contribution in [0.2, 0.25) is 5.02 Å². The second kappa shape index (κ2) is 6.98. The summed E-state index contributed by atoms with van der Waals surface area (Å²) in [6.07, 6.45) is 6.30. The summed E-state index contributed by atoms with van der Waals surface area (Å²) in [5.74, 6) is 1.44. The Morgan fingerprint density at radius 1 is 1.45 bits per heavy atom. The van der Waals surface area contributed by atoms with E-state index in [1.807, 2.05) is 0 Å². The molecule has 1 aromatic carbocycles. The molecule has 1 amide bonds. The van der Waals surface area contributed by atoms with E-state index in [2.05, 4.69) is 12.2 Å². The van der Waals surface area contributed by atoms with Crippen molar-refractivity contribution >= 4 is 23.2 Å². The van der Waals surface area contributed by atoms with Crippen LogP contribution in [0.3, 0.4) is 0 Å². The molecule has 2 rings (SSSR count). The van der Waals surface area contributed by atoms with Crippen LogP contribution in [0.25, 0.3) is 0 Å². The quantitative estimate of drug-likeness (QED) is 0.828. The standard InChI is InChI=1S/C16H23ClN2O/c1-11-3-2-4-12(9-11)7-8-19-16(20)14-10-13(18)5-6-15(14)17/h5-6,10-12H,2-4,7-9,18H2,1H3,(H,19,20). The van der Waals surface area contributed by atoms with Gasteiger partial charge in [-0.3, -0.25) is 4.79 Å². The van der Waals surface area contributed by atoms with Gasteiger partial charge in [0.15, 0.2) is 0 Å². The van der Waals surface area contributed by atoms with Crippen LogP contribution in [-0.4, -0.2) is 12.5 Å². The van der Waals surface area contributed by atoms with Crippen LogP contribution in [-0.2, 0) is 0 Å². The van der Waals surface area contributed by atoms with Gasteiger partial charge in [0.25, 0.3) is 5.91 Å². The number of amides is 1. The van der Waals surface area contributed by atoms with Crippen LogP contribution in [0, 0.1) is 11.8 Å². The zero-order chi connectivity index (χ0) is 14.5. The Kier molecular flexibility index (Phi) is 5.30. The molecule has 0 aromatic heterocycles. The summed E-state index contributed by atoms with van der Waals surface area (Å²) in [5, 5.41) is 3.40. The molecule has 0 aliphatic heterocycles. The van der Waals surface area contributed by atoms with E-state index >= 15 is 0 Å². The highest BCUT2D eigenvalue weighted by atomic mass is 35.5. The van der Waals surface area contributed by atoms with Crippen molar-refractivity contribution < 1.29 is 4.79 Å². The van der Waals surface area contributed by atoms with Crippen molar-refractivity contribution in [1.82, 2.24) is 5.32 Å². The highest BCUT2D eigenvalue weighted by molar-refractivity contribution is 6.34. The summed E-state index contributed by atoms with van der Waals surface area (Å²) in [7, 11) is 0. The van der Waals surface area contributed by atoms with Crippen LogP contribution in [0.1, 0.15) is 49.4 Å². The topological polar surface area (TPSA) is 55.1 Å². The third-order valence-corrected chi connectivity index (χ3v) is 4.45.